The molecule has 1 aliphatic carbocycles. The number of carbonyl (C=O) groups is 2. The highest BCUT2D eigenvalue weighted by Crippen LogP contribution is 2.63. The van der Waals surface area contributed by atoms with Gasteiger partial charge in [0.1, 0.15) is 11.2 Å². The van der Waals surface area contributed by atoms with Crippen molar-refractivity contribution in [1.29, 1.82) is 10.5 Å². The van der Waals surface area contributed by atoms with E-state index in [4.69, 9.17) is 4.74 Å². The van der Waals surface area contributed by atoms with Crippen molar-refractivity contribution in [2.24, 2.45) is 11.3 Å². The molecule has 2 aromatic rings. The number of carbonyl (C=O) groups excluding carboxylic acids is 2. The maximum absolute atomic E-state index is 13.9. The third-order valence-corrected chi connectivity index (χ3v) is 6.76. The van der Waals surface area contributed by atoms with Crippen LogP contribution < -0.4 is 9.64 Å². The molecule has 32 heavy (non-hydrogen) atoms. The molecule has 0 N–H and O–H groups in total. The zero-order valence-electron chi connectivity index (χ0n) is 18.3. The monoisotopic (exact) mass is 425 g/mol. The van der Waals surface area contributed by atoms with E-state index in [2.05, 4.69) is 12.1 Å². The molecule has 0 fully saturated rings. The molecule has 1 amide bonds. The van der Waals surface area contributed by atoms with Gasteiger partial charge in [-0.2, -0.15) is 10.5 Å². The van der Waals surface area contributed by atoms with Gasteiger partial charge in [-0.05, 0) is 42.3 Å². The van der Waals surface area contributed by atoms with Gasteiger partial charge in [0.15, 0.2) is 11.2 Å². The molecule has 160 valence electrons. The van der Waals surface area contributed by atoms with Crippen LogP contribution in [0, 0.1) is 34.0 Å². The van der Waals surface area contributed by atoms with E-state index in [9.17, 15) is 20.1 Å². The van der Waals surface area contributed by atoms with E-state index in [1.165, 1.54) is 4.90 Å². The SMILES string of the molecule is CCC[C@H]1C=C(C(=O)c2ccc(OC)cc2)[C@]2(C(=O)N(C)c3ccccc32)C1(C#N)C#N. The Labute approximate surface area is 187 Å². The van der Waals surface area contributed by atoms with Crippen molar-refractivity contribution in [2.75, 3.05) is 19.1 Å². The second-order valence-corrected chi connectivity index (χ2v) is 8.20. The second kappa shape index (κ2) is 7.66. The van der Waals surface area contributed by atoms with Crippen molar-refractivity contribution in [3.05, 3.63) is 71.3 Å². The standard InChI is InChI=1S/C26H23N3O3/c1-4-7-18-14-21(23(30)17-10-12-19(32-3)13-11-17)26(25(18,15-27)16-28)20-8-5-6-9-22(20)29(2)24(26)31/h5-6,8-14,18H,4,7H2,1-3H3/t18-,26+/m0/s1. The molecule has 0 radical (unpaired) electrons. The summed E-state index contributed by atoms with van der Waals surface area (Å²) in [6.07, 6.45) is 2.93. The molecule has 0 saturated carbocycles. The summed E-state index contributed by atoms with van der Waals surface area (Å²) in [5, 5.41) is 20.8. The van der Waals surface area contributed by atoms with Gasteiger partial charge in [0.2, 0.25) is 5.91 Å². The molecule has 0 unspecified atom stereocenters. The van der Waals surface area contributed by atoms with E-state index in [1.54, 1.807) is 68.8 Å². The van der Waals surface area contributed by atoms with Crippen LogP contribution >= 0.6 is 0 Å². The van der Waals surface area contributed by atoms with E-state index < -0.39 is 22.7 Å². The lowest BCUT2D eigenvalue weighted by atomic mass is 9.57. The minimum atomic E-state index is -1.72. The van der Waals surface area contributed by atoms with Crippen molar-refractivity contribution in [2.45, 2.75) is 25.2 Å². The molecule has 6 nitrogen and oxygen atoms in total. The van der Waals surface area contributed by atoms with Crippen LogP contribution in [-0.4, -0.2) is 25.8 Å². The summed E-state index contributed by atoms with van der Waals surface area (Å²) in [7, 11) is 3.16. The van der Waals surface area contributed by atoms with Crippen molar-refractivity contribution < 1.29 is 14.3 Å². The zero-order valence-corrected chi connectivity index (χ0v) is 18.3. The number of benzene rings is 2. The van der Waals surface area contributed by atoms with Crippen LogP contribution in [0.2, 0.25) is 0 Å². The molecule has 2 atom stereocenters. The fourth-order valence-corrected chi connectivity index (χ4v) is 5.26. The number of nitriles is 2. The van der Waals surface area contributed by atoms with Crippen molar-refractivity contribution >= 4 is 17.4 Å². The Balaban J connectivity index is 2.02. The number of fused-ring (bicyclic) bond motifs is 2. The first-order valence-corrected chi connectivity index (χ1v) is 10.5. The van der Waals surface area contributed by atoms with Crippen molar-refractivity contribution in [1.82, 2.24) is 0 Å². The number of Topliss-reactive ketones (excluding diaryl/α,β-unsaturated/α-hetero) is 1. The van der Waals surface area contributed by atoms with Crippen molar-refractivity contribution in [3.8, 4) is 17.9 Å². The van der Waals surface area contributed by atoms with Crippen LogP contribution in [0.5, 0.6) is 5.75 Å². The maximum atomic E-state index is 13.9. The number of anilines is 1. The van der Waals surface area contributed by atoms with Gasteiger partial charge in [-0.3, -0.25) is 9.59 Å². The number of allylic oxidation sites excluding steroid dienone is 1. The summed E-state index contributed by atoms with van der Waals surface area (Å²) in [5.41, 5.74) is -1.69. The number of rotatable bonds is 5. The van der Waals surface area contributed by atoms with Gasteiger partial charge in [0.25, 0.3) is 0 Å². The van der Waals surface area contributed by atoms with Gasteiger partial charge in [0, 0.05) is 29.8 Å². The molecule has 1 aliphatic heterocycles. The summed E-state index contributed by atoms with van der Waals surface area (Å²) in [6, 6.07) is 18.2. The molecule has 0 bridgehead atoms. The molecule has 0 aromatic heterocycles. The van der Waals surface area contributed by atoms with Crippen molar-refractivity contribution in [3.63, 3.8) is 0 Å². The van der Waals surface area contributed by atoms with Gasteiger partial charge in [0.05, 0.1) is 19.2 Å². The Bertz CT molecular complexity index is 1200. The quantitative estimate of drug-likeness (QED) is 0.670. The zero-order chi connectivity index (χ0) is 23.1. The lowest BCUT2D eigenvalue weighted by Gasteiger charge is -2.37. The predicted octanol–water partition coefficient (Wildman–Crippen LogP) is 4.18. The van der Waals surface area contributed by atoms with Crippen LogP contribution in [0.4, 0.5) is 5.69 Å². The van der Waals surface area contributed by atoms with Crippen LogP contribution in [0.3, 0.4) is 0 Å². The van der Waals surface area contributed by atoms with E-state index in [0.717, 1.165) is 0 Å². The lowest BCUT2D eigenvalue weighted by Crippen LogP contribution is -2.53. The highest BCUT2D eigenvalue weighted by atomic mass is 16.5. The Hall–Kier alpha value is -3.90. The number of amides is 1. The molecule has 4 rings (SSSR count). The number of methoxy groups -OCH3 is 1. The van der Waals surface area contributed by atoms with E-state index in [-0.39, 0.29) is 11.4 Å². The van der Waals surface area contributed by atoms with E-state index in [0.29, 0.717) is 35.4 Å². The summed E-state index contributed by atoms with van der Waals surface area (Å²) < 4.78 is 5.19. The Morgan fingerprint density at radius 1 is 1.12 bits per heavy atom. The highest BCUT2D eigenvalue weighted by Gasteiger charge is 2.72. The van der Waals surface area contributed by atoms with Crippen LogP contribution in [0.15, 0.2) is 60.2 Å². The summed E-state index contributed by atoms with van der Waals surface area (Å²) in [6.45, 7) is 1.96. The summed E-state index contributed by atoms with van der Waals surface area (Å²) in [5.74, 6) is -0.734. The van der Waals surface area contributed by atoms with Gasteiger partial charge in [-0.25, -0.2) is 0 Å². The highest BCUT2D eigenvalue weighted by molar-refractivity contribution is 6.22. The van der Waals surface area contributed by atoms with Gasteiger partial charge in [-0.1, -0.05) is 37.6 Å². The van der Waals surface area contributed by atoms with Crippen LogP contribution in [0.1, 0.15) is 35.7 Å². The minimum Gasteiger partial charge on any atom is -0.497 e. The number of ether oxygens (including phenoxy) is 1. The average Bonchev–Trinajstić information content (AvgIpc) is 3.25. The number of hydrogen-bond donors (Lipinski definition) is 0. The predicted molar refractivity (Wildman–Crippen MR) is 119 cm³/mol. The first-order chi connectivity index (χ1) is 15.4. The Kier molecular flexibility index (Phi) is 5.11. The fraction of sp³-hybridized carbons (Fsp3) is 0.308. The Morgan fingerprint density at radius 2 is 1.78 bits per heavy atom. The fourth-order valence-electron chi connectivity index (χ4n) is 5.26. The van der Waals surface area contributed by atoms with Gasteiger partial charge >= 0.3 is 0 Å². The normalized spacial score (nSPS) is 22.8. The first-order valence-electron chi connectivity index (χ1n) is 10.5. The molecular formula is C26H23N3O3. The first kappa shape index (κ1) is 21.3. The molecule has 6 heteroatoms. The molecular weight excluding hydrogens is 402 g/mol. The number of ketones is 1. The minimum absolute atomic E-state index is 0.200. The third-order valence-electron chi connectivity index (χ3n) is 6.76. The molecule has 1 heterocycles. The van der Waals surface area contributed by atoms with Crippen LogP contribution in [0.25, 0.3) is 0 Å². The smallest absolute Gasteiger partial charge is 0.244 e. The Morgan fingerprint density at radius 3 is 2.38 bits per heavy atom. The number of para-hydroxylation sites is 1. The number of likely N-dealkylation sites (N-methyl/N-ethyl adjacent to an activating group) is 1. The largest absolute Gasteiger partial charge is 0.497 e. The van der Waals surface area contributed by atoms with Gasteiger partial charge < -0.3 is 9.64 Å². The summed E-state index contributed by atoms with van der Waals surface area (Å²) in [4.78, 5) is 29.2. The number of nitrogens with zero attached hydrogens (tertiary/aromatic N) is 3. The molecule has 1 spiro atoms. The van der Waals surface area contributed by atoms with Gasteiger partial charge in [-0.15, -0.1) is 0 Å². The third kappa shape index (κ3) is 2.50. The topological polar surface area (TPSA) is 94.2 Å². The second-order valence-electron chi connectivity index (χ2n) is 8.20. The summed E-state index contributed by atoms with van der Waals surface area (Å²) >= 11 is 0. The van der Waals surface area contributed by atoms with E-state index >= 15 is 0 Å². The number of hydrogen-bond acceptors (Lipinski definition) is 5. The molecule has 2 aromatic carbocycles. The van der Waals surface area contributed by atoms with Crippen LogP contribution in [-0.2, 0) is 10.2 Å². The average molecular weight is 425 g/mol. The molecule has 0 saturated heterocycles. The molecule has 2 aliphatic rings. The van der Waals surface area contributed by atoms with E-state index in [1.807, 2.05) is 6.92 Å². The lowest BCUT2D eigenvalue weighted by molar-refractivity contribution is -0.123. The maximum Gasteiger partial charge on any atom is 0.244 e.